The van der Waals surface area contributed by atoms with Gasteiger partial charge in [-0.15, -0.1) is 0 Å². The van der Waals surface area contributed by atoms with E-state index in [0.29, 0.717) is 42.3 Å². The monoisotopic (exact) mass is 386 g/mol. The van der Waals surface area contributed by atoms with Gasteiger partial charge in [-0.25, -0.2) is 4.39 Å². The molecule has 0 radical (unpaired) electrons. The molecule has 7 heteroatoms. The van der Waals surface area contributed by atoms with Crippen molar-refractivity contribution in [3.05, 3.63) is 53.8 Å². The van der Waals surface area contributed by atoms with Crippen LogP contribution in [0.2, 0.25) is 0 Å². The number of anilines is 1. The van der Waals surface area contributed by atoms with Crippen molar-refractivity contribution in [2.45, 2.75) is 12.8 Å². The lowest BCUT2D eigenvalue weighted by molar-refractivity contribution is -0.121. The summed E-state index contributed by atoms with van der Waals surface area (Å²) in [7, 11) is 3.08. The van der Waals surface area contributed by atoms with Crippen molar-refractivity contribution in [1.29, 1.82) is 0 Å². The fourth-order valence-corrected chi connectivity index (χ4v) is 3.30. The van der Waals surface area contributed by atoms with Gasteiger partial charge in [0.15, 0.2) is 0 Å². The normalized spacial score (nSPS) is 16.4. The minimum Gasteiger partial charge on any atom is -0.497 e. The van der Waals surface area contributed by atoms with Crippen LogP contribution in [-0.2, 0) is 4.79 Å². The van der Waals surface area contributed by atoms with E-state index in [1.54, 1.807) is 30.2 Å². The Balaban J connectivity index is 1.69. The Bertz CT molecular complexity index is 854. The lowest BCUT2D eigenvalue weighted by Gasteiger charge is -2.32. The number of hydrogen-bond acceptors (Lipinski definition) is 4. The minimum atomic E-state index is -0.389. The molecule has 1 fully saturated rings. The minimum absolute atomic E-state index is 0.178. The van der Waals surface area contributed by atoms with Gasteiger partial charge in [0.25, 0.3) is 5.91 Å². The summed E-state index contributed by atoms with van der Waals surface area (Å²) < 4.78 is 23.6. The fourth-order valence-electron chi connectivity index (χ4n) is 3.30. The molecule has 2 amide bonds. The smallest absolute Gasteiger partial charge is 0.253 e. The summed E-state index contributed by atoms with van der Waals surface area (Å²) in [5.41, 5.74) is 0.936. The Morgan fingerprint density at radius 1 is 1.11 bits per heavy atom. The van der Waals surface area contributed by atoms with Gasteiger partial charge in [0.2, 0.25) is 5.91 Å². The largest absolute Gasteiger partial charge is 0.497 e. The second-order valence-electron chi connectivity index (χ2n) is 6.65. The summed E-state index contributed by atoms with van der Waals surface area (Å²) in [4.78, 5) is 27.1. The van der Waals surface area contributed by atoms with Crippen LogP contribution < -0.4 is 14.8 Å². The Kier molecular flexibility index (Phi) is 6.13. The van der Waals surface area contributed by atoms with Crippen LogP contribution in [0, 0.1) is 11.7 Å². The highest BCUT2D eigenvalue weighted by Gasteiger charge is 2.29. The van der Waals surface area contributed by atoms with Crippen molar-refractivity contribution < 1.29 is 23.5 Å². The third-order valence-corrected chi connectivity index (χ3v) is 4.84. The van der Waals surface area contributed by atoms with E-state index in [1.165, 1.54) is 31.4 Å². The molecule has 1 heterocycles. The average Bonchev–Trinajstić information content (AvgIpc) is 2.73. The molecule has 2 aromatic rings. The number of carbonyl (C=O) groups excluding carboxylic acids is 2. The first-order valence-electron chi connectivity index (χ1n) is 9.09. The number of methoxy groups -OCH3 is 2. The van der Waals surface area contributed by atoms with E-state index >= 15 is 0 Å². The zero-order valence-electron chi connectivity index (χ0n) is 15.9. The Labute approximate surface area is 163 Å². The highest BCUT2D eigenvalue weighted by molar-refractivity contribution is 5.97. The zero-order valence-corrected chi connectivity index (χ0v) is 15.9. The summed E-state index contributed by atoms with van der Waals surface area (Å²) in [5.74, 6) is 0.0328. The van der Waals surface area contributed by atoms with Crippen molar-refractivity contribution >= 4 is 17.5 Å². The van der Waals surface area contributed by atoms with Gasteiger partial charge < -0.3 is 19.7 Å². The lowest BCUT2D eigenvalue weighted by Crippen LogP contribution is -2.43. The number of nitrogens with one attached hydrogen (secondary N) is 1. The molecular weight excluding hydrogens is 363 g/mol. The summed E-state index contributed by atoms with van der Waals surface area (Å²) in [6.45, 7) is 0.886. The topological polar surface area (TPSA) is 67.9 Å². The number of benzene rings is 2. The van der Waals surface area contributed by atoms with Gasteiger partial charge in [0, 0.05) is 24.7 Å². The number of nitrogens with zero attached hydrogens (tertiary/aromatic N) is 1. The van der Waals surface area contributed by atoms with E-state index in [-0.39, 0.29) is 23.5 Å². The quantitative estimate of drug-likeness (QED) is 0.856. The van der Waals surface area contributed by atoms with Crippen LogP contribution in [0.25, 0.3) is 0 Å². The number of likely N-dealkylation sites (tertiary alicyclic amines) is 1. The number of hydrogen-bond donors (Lipinski definition) is 1. The maximum Gasteiger partial charge on any atom is 0.253 e. The number of ether oxygens (including phenoxy) is 2. The molecule has 0 aromatic heterocycles. The molecule has 3 rings (SSSR count). The summed E-state index contributed by atoms with van der Waals surface area (Å²) in [6, 6.07) is 10.6. The summed E-state index contributed by atoms with van der Waals surface area (Å²) >= 11 is 0. The molecule has 0 unspecified atom stereocenters. The molecule has 1 N–H and O–H groups in total. The Morgan fingerprint density at radius 2 is 1.86 bits per heavy atom. The van der Waals surface area contributed by atoms with E-state index < -0.39 is 0 Å². The molecule has 1 atom stereocenters. The third kappa shape index (κ3) is 4.42. The molecule has 2 aromatic carbocycles. The van der Waals surface area contributed by atoms with Crippen molar-refractivity contribution in [3.8, 4) is 11.5 Å². The molecule has 1 aliphatic heterocycles. The number of halogens is 1. The molecule has 0 aliphatic carbocycles. The molecule has 0 spiro atoms. The maximum atomic E-state index is 13.1. The maximum absolute atomic E-state index is 13.1. The fraction of sp³-hybridized carbons (Fsp3) is 0.333. The average molecular weight is 386 g/mol. The van der Waals surface area contributed by atoms with Crippen LogP contribution in [0.3, 0.4) is 0 Å². The molecule has 6 nitrogen and oxygen atoms in total. The highest BCUT2D eigenvalue weighted by Crippen LogP contribution is 2.30. The van der Waals surface area contributed by atoms with E-state index in [2.05, 4.69) is 5.32 Å². The lowest BCUT2D eigenvalue weighted by atomic mass is 9.96. The number of carbonyl (C=O) groups is 2. The predicted molar refractivity (Wildman–Crippen MR) is 103 cm³/mol. The second kappa shape index (κ2) is 8.73. The summed E-state index contributed by atoms with van der Waals surface area (Å²) in [5, 5.41) is 2.88. The van der Waals surface area contributed by atoms with Crippen molar-refractivity contribution in [3.63, 3.8) is 0 Å². The first-order chi connectivity index (χ1) is 13.5. The predicted octanol–water partition coefficient (Wildman–Crippen LogP) is 3.33. The van der Waals surface area contributed by atoms with Crippen LogP contribution in [0.15, 0.2) is 42.5 Å². The van der Waals surface area contributed by atoms with Crippen LogP contribution >= 0.6 is 0 Å². The molecule has 148 valence electrons. The van der Waals surface area contributed by atoms with Crippen LogP contribution in [-0.4, -0.2) is 44.0 Å². The highest BCUT2D eigenvalue weighted by atomic mass is 19.1. The van der Waals surface area contributed by atoms with E-state index in [1.807, 2.05) is 0 Å². The van der Waals surface area contributed by atoms with Gasteiger partial charge in [-0.2, -0.15) is 0 Å². The molecule has 0 bridgehead atoms. The number of rotatable bonds is 5. The molecular formula is C21H23FN2O4. The van der Waals surface area contributed by atoms with Crippen LogP contribution in [0.4, 0.5) is 10.1 Å². The van der Waals surface area contributed by atoms with Crippen LogP contribution in [0.5, 0.6) is 11.5 Å². The van der Waals surface area contributed by atoms with E-state index in [0.717, 1.165) is 6.42 Å². The van der Waals surface area contributed by atoms with Gasteiger partial charge in [-0.1, -0.05) is 0 Å². The van der Waals surface area contributed by atoms with Gasteiger partial charge >= 0.3 is 0 Å². The van der Waals surface area contributed by atoms with Crippen molar-refractivity contribution in [2.24, 2.45) is 5.92 Å². The SMILES string of the molecule is COc1ccc(OC)c(NC(=O)[C@@H]2CCCN(C(=O)c3ccc(F)cc3)C2)c1. The molecule has 28 heavy (non-hydrogen) atoms. The van der Waals surface area contributed by atoms with Gasteiger partial charge in [0.05, 0.1) is 25.8 Å². The number of amides is 2. The molecule has 1 aliphatic rings. The standard InChI is InChI=1S/C21H23FN2O4/c1-27-17-9-10-19(28-2)18(12-17)23-20(25)15-4-3-11-24(13-15)21(26)14-5-7-16(22)8-6-14/h5-10,12,15H,3-4,11,13H2,1-2H3,(H,23,25)/t15-/m1/s1. The molecule has 0 saturated carbocycles. The van der Waals surface area contributed by atoms with Gasteiger partial charge in [-0.3, -0.25) is 9.59 Å². The van der Waals surface area contributed by atoms with Gasteiger partial charge in [0.1, 0.15) is 17.3 Å². The third-order valence-electron chi connectivity index (χ3n) is 4.84. The number of piperidine rings is 1. The Hall–Kier alpha value is -3.09. The van der Waals surface area contributed by atoms with Crippen molar-refractivity contribution in [1.82, 2.24) is 4.90 Å². The zero-order chi connectivity index (χ0) is 20.1. The first-order valence-corrected chi connectivity index (χ1v) is 9.09. The van der Waals surface area contributed by atoms with E-state index in [4.69, 9.17) is 9.47 Å². The molecule has 1 saturated heterocycles. The second-order valence-corrected chi connectivity index (χ2v) is 6.65. The van der Waals surface area contributed by atoms with E-state index in [9.17, 15) is 14.0 Å². The first kappa shape index (κ1) is 19.7. The van der Waals surface area contributed by atoms with Gasteiger partial charge in [-0.05, 0) is 49.2 Å². The van der Waals surface area contributed by atoms with Crippen molar-refractivity contribution in [2.75, 3.05) is 32.6 Å². The van der Waals surface area contributed by atoms with Crippen LogP contribution in [0.1, 0.15) is 23.2 Å². The Morgan fingerprint density at radius 3 is 2.54 bits per heavy atom. The summed E-state index contributed by atoms with van der Waals surface area (Å²) in [6.07, 6.45) is 1.41.